The summed E-state index contributed by atoms with van der Waals surface area (Å²) in [6.07, 6.45) is -0.162. The Hall–Kier alpha value is -3.94. The number of hydrogen-bond donors (Lipinski definition) is 1. The highest BCUT2D eigenvalue weighted by Crippen LogP contribution is 2.35. The zero-order valence-corrected chi connectivity index (χ0v) is 23.1. The van der Waals surface area contributed by atoms with Gasteiger partial charge in [0.25, 0.3) is 5.91 Å². The summed E-state index contributed by atoms with van der Waals surface area (Å²) < 4.78 is 68.0. The topological polar surface area (TPSA) is 116 Å². The van der Waals surface area contributed by atoms with Crippen LogP contribution in [0.1, 0.15) is 28.9 Å². The van der Waals surface area contributed by atoms with E-state index in [4.69, 9.17) is 4.74 Å². The van der Waals surface area contributed by atoms with Gasteiger partial charge in [-0.15, -0.1) is 0 Å². The van der Waals surface area contributed by atoms with E-state index in [1.165, 1.54) is 27.8 Å². The number of aryl methyl sites for hydroxylation is 2. The number of rotatable bonds is 1. The summed E-state index contributed by atoms with van der Waals surface area (Å²) in [5, 5.41) is 6.92. The molecule has 0 saturated carbocycles. The third-order valence-corrected chi connectivity index (χ3v) is 7.11. The number of nitrogens with one attached hydrogen (secondary N) is 1. The molecule has 1 N–H and O–H groups in total. The maximum atomic E-state index is 14.3. The van der Waals surface area contributed by atoms with Crippen LogP contribution in [0.3, 0.4) is 0 Å². The Morgan fingerprint density at radius 2 is 1.95 bits per heavy atom. The maximum Gasteiger partial charge on any atom is 0.393 e. The molecule has 40 heavy (non-hydrogen) atoms. The minimum absolute atomic E-state index is 0.0247. The molecule has 0 spiro atoms. The van der Waals surface area contributed by atoms with Crippen LogP contribution in [0, 0.1) is 12.8 Å². The second kappa shape index (κ2) is 10.2. The lowest BCUT2D eigenvalue weighted by atomic mass is 10.0. The molecule has 4 aromatic rings. The van der Waals surface area contributed by atoms with Gasteiger partial charge in [-0.05, 0) is 50.1 Å². The number of fused-ring (bicyclic) bond motifs is 7. The van der Waals surface area contributed by atoms with Crippen molar-refractivity contribution in [3.63, 3.8) is 0 Å². The molecule has 0 unspecified atom stereocenters. The predicted molar refractivity (Wildman–Crippen MR) is 145 cm³/mol. The van der Waals surface area contributed by atoms with Gasteiger partial charge in [-0.2, -0.15) is 22.6 Å². The summed E-state index contributed by atoms with van der Waals surface area (Å²) in [5.41, 5.74) is 2.80. The molecule has 10 nitrogen and oxygen atoms in total. The van der Waals surface area contributed by atoms with Gasteiger partial charge in [0.2, 0.25) is 11.8 Å². The first-order valence-electron chi connectivity index (χ1n) is 12.5. The SMILES string of the molecule is Cc1cc2cc(n1)-c1cnn(C)c1OCCC[C@@H](C(F)(F)F)Cn1c(nc3ccc(N=S(C)(C)=O)cc31)NC2=O. The Morgan fingerprint density at radius 1 is 1.18 bits per heavy atom. The Bertz CT molecular complexity index is 1730. The first-order valence-corrected chi connectivity index (χ1v) is 14.8. The van der Waals surface area contributed by atoms with Gasteiger partial charge >= 0.3 is 6.18 Å². The van der Waals surface area contributed by atoms with Crippen LogP contribution in [0.25, 0.3) is 22.3 Å². The maximum absolute atomic E-state index is 14.3. The first kappa shape index (κ1) is 27.6. The third kappa shape index (κ3) is 5.81. The van der Waals surface area contributed by atoms with Gasteiger partial charge in [0, 0.05) is 47.1 Å². The van der Waals surface area contributed by atoms with Crippen LogP contribution in [-0.4, -0.2) is 59.7 Å². The molecule has 1 amide bonds. The van der Waals surface area contributed by atoms with Crippen molar-refractivity contribution in [2.75, 3.05) is 24.4 Å². The number of alkyl halides is 3. The molecule has 1 aliphatic rings. The van der Waals surface area contributed by atoms with E-state index < -0.39 is 34.3 Å². The molecule has 4 heterocycles. The van der Waals surface area contributed by atoms with Crippen molar-refractivity contribution in [3.8, 4) is 17.1 Å². The summed E-state index contributed by atoms with van der Waals surface area (Å²) in [5.74, 6) is -2.01. The van der Waals surface area contributed by atoms with E-state index in [0.717, 1.165) is 0 Å². The van der Waals surface area contributed by atoms with Gasteiger partial charge in [-0.25, -0.2) is 13.9 Å². The normalized spacial score (nSPS) is 16.8. The average Bonchev–Trinajstić information content (AvgIpc) is 3.37. The number of hydrogen-bond acceptors (Lipinski definition) is 7. The predicted octanol–water partition coefficient (Wildman–Crippen LogP) is 5.10. The van der Waals surface area contributed by atoms with E-state index in [2.05, 4.69) is 24.7 Å². The van der Waals surface area contributed by atoms with E-state index in [0.29, 0.717) is 39.6 Å². The Balaban J connectivity index is 1.67. The first-order chi connectivity index (χ1) is 18.8. The highest BCUT2D eigenvalue weighted by molar-refractivity contribution is 7.92. The number of carbonyl (C=O) groups excluding carboxylic acids is 1. The molecular formula is C26H28F3N7O3S. The molecule has 3 aromatic heterocycles. The molecule has 0 fully saturated rings. The number of ether oxygens (including phenoxy) is 1. The largest absolute Gasteiger partial charge is 0.477 e. The van der Waals surface area contributed by atoms with E-state index in [9.17, 15) is 22.2 Å². The van der Waals surface area contributed by atoms with Crippen LogP contribution >= 0.6 is 0 Å². The zero-order chi connectivity index (χ0) is 28.8. The smallest absolute Gasteiger partial charge is 0.393 e. The fraction of sp³-hybridized carbons (Fsp3) is 0.385. The fourth-order valence-corrected chi connectivity index (χ4v) is 5.29. The monoisotopic (exact) mass is 575 g/mol. The molecule has 1 aromatic carbocycles. The van der Waals surface area contributed by atoms with Crippen molar-refractivity contribution in [1.29, 1.82) is 0 Å². The highest BCUT2D eigenvalue weighted by Gasteiger charge is 2.40. The number of amides is 1. The molecular weight excluding hydrogens is 547 g/mol. The fourth-order valence-electron chi connectivity index (χ4n) is 4.66. The van der Waals surface area contributed by atoms with Crippen LogP contribution in [0.2, 0.25) is 0 Å². The van der Waals surface area contributed by atoms with Crippen molar-refractivity contribution < 1.29 is 26.9 Å². The number of imidazole rings is 1. The summed E-state index contributed by atoms with van der Waals surface area (Å²) in [6.45, 7) is 1.26. The van der Waals surface area contributed by atoms with E-state index in [1.54, 1.807) is 44.4 Å². The van der Waals surface area contributed by atoms with Crippen molar-refractivity contribution in [1.82, 2.24) is 24.3 Å². The average molecular weight is 576 g/mol. The Morgan fingerprint density at radius 3 is 2.67 bits per heavy atom. The van der Waals surface area contributed by atoms with Crippen molar-refractivity contribution >= 4 is 38.3 Å². The van der Waals surface area contributed by atoms with Gasteiger partial charge in [0.05, 0.1) is 46.7 Å². The molecule has 2 bridgehead atoms. The summed E-state index contributed by atoms with van der Waals surface area (Å²) in [4.78, 5) is 22.4. The van der Waals surface area contributed by atoms with Gasteiger partial charge < -0.3 is 9.30 Å². The van der Waals surface area contributed by atoms with Gasteiger partial charge in [0.1, 0.15) is 0 Å². The number of carbonyl (C=O) groups is 1. The van der Waals surface area contributed by atoms with Gasteiger partial charge in [0.15, 0.2) is 0 Å². The molecule has 212 valence electrons. The Kier molecular flexibility index (Phi) is 7.06. The van der Waals surface area contributed by atoms with E-state index in [1.807, 2.05) is 0 Å². The summed E-state index contributed by atoms with van der Waals surface area (Å²) in [6, 6.07) is 7.86. The molecule has 0 aliphatic carbocycles. The highest BCUT2D eigenvalue weighted by atomic mass is 32.2. The molecule has 14 heteroatoms. The lowest BCUT2D eigenvalue weighted by Gasteiger charge is -2.22. The second-order valence-corrected chi connectivity index (χ2v) is 12.6. The number of nitrogens with zero attached hydrogens (tertiary/aromatic N) is 6. The minimum Gasteiger partial charge on any atom is -0.477 e. The van der Waals surface area contributed by atoms with Crippen LogP contribution in [-0.2, 0) is 23.3 Å². The standard InChI is InChI=1S/C26H28F3N7O3S/c1-15-10-16-11-21(31-15)19-13-30-35(2)24(19)39-9-5-6-17(26(27,28)29)14-36-22-12-18(34-40(3,4)38)7-8-20(22)32-25(36)33-23(16)37/h7-8,10-13,17H,5-6,9,14H2,1-4H3,(H,32,33,37)/t17-/m1/s1. The lowest BCUT2D eigenvalue weighted by molar-refractivity contribution is -0.180. The zero-order valence-electron chi connectivity index (χ0n) is 22.3. The molecule has 0 radical (unpaired) electrons. The van der Waals surface area contributed by atoms with E-state index in [-0.39, 0.29) is 31.0 Å². The van der Waals surface area contributed by atoms with Crippen molar-refractivity contribution in [3.05, 3.63) is 47.8 Å². The summed E-state index contributed by atoms with van der Waals surface area (Å²) in [7, 11) is -0.860. The number of halogens is 3. The molecule has 1 aliphatic heterocycles. The summed E-state index contributed by atoms with van der Waals surface area (Å²) >= 11 is 0. The molecule has 1 atom stereocenters. The number of anilines is 1. The second-order valence-electron chi connectivity index (χ2n) is 10.0. The lowest BCUT2D eigenvalue weighted by Crippen LogP contribution is -2.29. The quantitative estimate of drug-likeness (QED) is 0.338. The molecule has 0 saturated heterocycles. The third-order valence-electron chi connectivity index (χ3n) is 6.46. The Labute approximate surface area is 228 Å². The van der Waals surface area contributed by atoms with Gasteiger partial charge in [-0.1, -0.05) is 0 Å². The van der Waals surface area contributed by atoms with Crippen LogP contribution in [0.15, 0.2) is 40.9 Å². The number of benzene rings is 1. The molecule has 5 rings (SSSR count). The van der Waals surface area contributed by atoms with Crippen molar-refractivity contribution in [2.24, 2.45) is 17.3 Å². The van der Waals surface area contributed by atoms with E-state index >= 15 is 0 Å². The number of pyridine rings is 1. The van der Waals surface area contributed by atoms with Gasteiger partial charge in [-0.3, -0.25) is 15.1 Å². The minimum atomic E-state index is -4.53. The van der Waals surface area contributed by atoms with Crippen molar-refractivity contribution in [2.45, 2.75) is 32.5 Å². The van der Waals surface area contributed by atoms with Crippen LogP contribution in [0.5, 0.6) is 5.88 Å². The van der Waals surface area contributed by atoms with Crippen LogP contribution in [0.4, 0.5) is 24.8 Å². The van der Waals surface area contributed by atoms with Crippen LogP contribution < -0.4 is 10.1 Å². The number of aromatic nitrogens is 5.